The highest BCUT2D eigenvalue weighted by Gasteiger charge is 2.21. The predicted molar refractivity (Wildman–Crippen MR) is 90.2 cm³/mol. The topological polar surface area (TPSA) is 64.7 Å². The van der Waals surface area contributed by atoms with Crippen LogP contribution >= 0.6 is 0 Å². The highest BCUT2D eigenvalue weighted by molar-refractivity contribution is 5.78. The molecule has 122 valence electrons. The molecule has 2 aromatic heterocycles. The second-order valence-electron chi connectivity index (χ2n) is 6.11. The van der Waals surface area contributed by atoms with Gasteiger partial charge in [0.05, 0.1) is 6.54 Å². The lowest BCUT2D eigenvalue weighted by Gasteiger charge is -2.14. The molecule has 1 atom stereocenters. The highest BCUT2D eigenvalue weighted by Crippen LogP contribution is 2.21. The molecule has 1 saturated heterocycles. The number of hydrogen-bond donors (Lipinski definition) is 1. The maximum absolute atomic E-state index is 11.4. The van der Waals surface area contributed by atoms with E-state index in [2.05, 4.69) is 38.2 Å². The minimum Gasteiger partial charge on any atom is -0.352 e. The number of imidazole rings is 1. The molecule has 0 bridgehead atoms. The Morgan fingerprint density at radius 3 is 2.96 bits per heavy atom. The monoisotopic (exact) mass is 321 g/mol. The fourth-order valence-corrected chi connectivity index (χ4v) is 3.16. The number of carbonyl (C=O) groups excluding carboxylic acids is 1. The molecule has 1 amide bonds. The van der Waals surface area contributed by atoms with E-state index in [4.69, 9.17) is 0 Å². The van der Waals surface area contributed by atoms with Crippen LogP contribution in [0.15, 0.2) is 55.1 Å². The number of hydrogen-bond acceptors (Lipinski definition) is 3. The van der Waals surface area contributed by atoms with Gasteiger partial charge in [-0.2, -0.15) is 5.10 Å². The number of nitrogens with one attached hydrogen (secondary N) is 1. The first-order chi connectivity index (χ1) is 11.8. The smallest absolute Gasteiger partial charge is 0.220 e. The van der Waals surface area contributed by atoms with Gasteiger partial charge in [-0.1, -0.05) is 18.2 Å². The molecule has 24 heavy (non-hydrogen) atoms. The van der Waals surface area contributed by atoms with Crippen LogP contribution in [0.1, 0.15) is 18.4 Å². The van der Waals surface area contributed by atoms with Crippen molar-refractivity contribution >= 4 is 5.91 Å². The second kappa shape index (κ2) is 6.31. The summed E-state index contributed by atoms with van der Waals surface area (Å²) in [5, 5.41) is 7.27. The number of carbonyl (C=O) groups is 1. The zero-order valence-corrected chi connectivity index (χ0v) is 13.3. The van der Waals surface area contributed by atoms with E-state index in [0.29, 0.717) is 6.42 Å². The number of aromatic nitrogens is 4. The van der Waals surface area contributed by atoms with E-state index in [9.17, 15) is 4.79 Å². The summed E-state index contributed by atoms with van der Waals surface area (Å²) in [6.45, 7) is 1.49. The van der Waals surface area contributed by atoms with Crippen LogP contribution in [0, 0.1) is 0 Å². The first-order valence-electron chi connectivity index (χ1n) is 8.15. The van der Waals surface area contributed by atoms with Gasteiger partial charge in [0, 0.05) is 49.4 Å². The number of nitrogens with zero attached hydrogens (tertiary/aromatic N) is 4. The van der Waals surface area contributed by atoms with Gasteiger partial charge in [-0.15, -0.1) is 0 Å². The van der Waals surface area contributed by atoms with Crippen LogP contribution in [0.3, 0.4) is 0 Å². The zero-order chi connectivity index (χ0) is 16.4. The lowest BCUT2D eigenvalue weighted by molar-refractivity contribution is -0.119. The fraction of sp³-hybridized carbons (Fsp3) is 0.278. The van der Waals surface area contributed by atoms with Crippen molar-refractivity contribution in [3.8, 4) is 11.4 Å². The van der Waals surface area contributed by atoms with E-state index >= 15 is 0 Å². The summed E-state index contributed by atoms with van der Waals surface area (Å²) in [6.07, 6.45) is 9.03. The number of rotatable bonds is 5. The van der Waals surface area contributed by atoms with Gasteiger partial charge < -0.3 is 9.88 Å². The van der Waals surface area contributed by atoms with Crippen molar-refractivity contribution in [2.75, 3.05) is 0 Å². The van der Waals surface area contributed by atoms with Gasteiger partial charge >= 0.3 is 0 Å². The molecule has 1 N–H and O–H groups in total. The van der Waals surface area contributed by atoms with E-state index in [0.717, 1.165) is 30.9 Å². The molecule has 1 unspecified atom stereocenters. The molecule has 0 spiro atoms. The quantitative estimate of drug-likeness (QED) is 0.782. The lowest BCUT2D eigenvalue weighted by atomic mass is 10.1. The normalized spacial score (nSPS) is 17.2. The fourth-order valence-electron chi connectivity index (χ4n) is 3.16. The molecular formula is C18H19N5O. The summed E-state index contributed by atoms with van der Waals surface area (Å²) in [5.41, 5.74) is 2.26. The first-order valence-corrected chi connectivity index (χ1v) is 8.15. The number of benzene rings is 1. The molecule has 1 fully saturated rings. The van der Waals surface area contributed by atoms with Gasteiger partial charge in [-0.25, -0.2) is 4.98 Å². The zero-order valence-electron chi connectivity index (χ0n) is 13.3. The van der Waals surface area contributed by atoms with Crippen molar-refractivity contribution < 1.29 is 4.79 Å². The molecule has 0 aliphatic carbocycles. The summed E-state index contributed by atoms with van der Waals surface area (Å²) in [4.78, 5) is 15.9. The van der Waals surface area contributed by atoms with Crippen molar-refractivity contribution in [1.82, 2.24) is 24.6 Å². The molecule has 0 saturated carbocycles. The Kier molecular flexibility index (Phi) is 3.86. The molecular weight excluding hydrogens is 302 g/mol. The Hall–Kier alpha value is -2.89. The summed E-state index contributed by atoms with van der Waals surface area (Å²) >= 11 is 0. The molecule has 6 nitrogen and oxygen atoms in total. The maximum Gasteiger partial charge on any atom is 0.220 e. The minimum atomic E-state index is 0.142. The van der Waals surface area contributed by atoms with Crippen LogP contribution < -0.4 is 5.32 Å². The summed E-state index contributed by atoms with van der Waals surface area (Å²) < 4.78 is 4.02. The maximum atomic E-state index is 11.4. The Labute approximate surface area is 140 Å². The van der Waals surface area contributed by atoms with Gasteiger partial charge in [0.25, 0.3) is 0 Å². The van der Waals surface area contributed by atoms with Crippen molar-refractivity contribution in [1.29, 1.82) is 0 Å². The van der Waals surface area contributed by atoms with Crippen LogP contribution in [-0.4, -0.2) is 31.3 Å². The summed E-state index contributed by atoms with van der Waals surface area (Å²) in [6, 6.07) is 10.5. The van der Waals surface area contributed by atoms with Gasteiger partial charge in [-0.05, 0) is 24.1 Å². The van der Waals surface area contributed by atoms with Crippen molar-refractivity contribution in [2.24, 2.45) is 0 Å². The predicted octanol–water partition coefficient (Wildman–Crippen LogP) is 2.07. The van der Waals surface area contributed by atoms with Crippen molar-refractivity contribution in [2.45, 2.75) is 32.0 Å². The summed E-state index contributed by atoms with van der Waals surface area (Å²) in [5.74, 6) is 1.07. The molecule has 4 rings (SSSR count). The van der Waals surface area contributed by atoms with Gasteiger partial charge in [0.15, 0.2) is 0 Å². The molecule has 1 aromatic carbocycles. The van der Waals surface area contributed by atoms with E-state index in [1.54, 1.807) is 6.20 Å². The van der Waals surface area contributed by atoms with E-state index in [1.807, 2.05) is 35.4 Å². The molecule has 1 aliphatic heterocycles. The van der Waals surface area contributed by atoms with Crippen molar-refractivity contribution in [3.05, 3.63) is 60.7 Å². The number of amides is 1. The van der Waals surface area contributed by atoms with Crippen molar-refractivity contribution in [3.63, 3.8) is 0 Å². The Bertz CT molecular complexity index is 837. The molecule has 3 heterocycles. The van der Waals surface area contributed by atoms with Gasteiger partial charge in [0.2, 0.25) is 5.91 Å². The third kappa shape index (κ3) is 3.08. The first kappa shape index (κ1) is 14.7. The summed E-state index contributed by atoms with van der Waals surface area (Å²) in [7, 11) is 0. The largest absolute Gasteiger partial charge is 0.352 e. The molecule has 0 radical (unpaired) electrons. The molecule has 3 aromatic rings. The molecule has 1 aliphatic rings. The lowest BCUT2D eigenvalue weighted by Crippen LogP contribution is -2.29. The van der Waals surface area contributed by atoms with E-state index in [1.165, 1.54) is 5.56 Å². The SMILES string of the molecule is O=C1CCC(Cn2ccnc2-c2cccc(Cn3cccn3)c2)N1. The van der Waals surface area contributed by atoms with E-state index < -0.39 is 0 Å². The average Bonchev–Trinajstić information content (AvgIpc) is 3.31. The third-order valence-electron chi connectivity index (χ3n) is 4.31. The van der Waals surface area contributed by atoms with Gasteiger partial charge in [0.1, 0.15) is 5.82 Å². The molecule has 6 heteroatoms. The van der Waals surface area contributed by atoms with Crippen LogP contribution in [-0.2, 0) is 17.9 Å². The van der Waals surface area contributed by atoms with Crippen LogP contribution in [0.5, 0.6) is 0 Å². The average molecular weight is 321 g/mol. The Morgan fingerprint density at radius 1 is 1.21 bits per heavy atom. The third-order valence-corrected chi connectivity index (χ3v) is 4.31. The van der Waals surface area contributed by atoms with Crippen LogP contribution in [0.2, 0.25) is 0 Å². The standard InChI is InChI=1S/C18H19N5O/c24-17-6-5-16(21-17)13-22-10-8-19-18(22)15-4-1-3-14(11-15)12-23-9-2-7-20-23/h1-4,7-11,16H,5-6,12-13H2,(H,21,24). The second-order valence-corrected chi connectivity index (χ2v) is 6.11. The Morgan fingerprint density at radius 2 is 2.17 bits per heavy atom. The minimum absolute atomic E-state index is 0.142. The highest BCUT2D eigenvalue weighted by atomic mass is 16.1. The van der Waals surface area contributed by atoms with Gasteiger partial charge in [-0.3, -0.25) is 9.48 Å². The van der Waals surface area contributed by atoms with E-state index in [-0.39, 0.29) is 11.9 Å². The van der Waals surface area contributed by atoms with Crippen LogP contribution in [0.4, 0.5) is 0 Å². The Balaban J connectivity index is 1.55. The van der Waals surface area contributed by atoms with Crippen LogP contribution in [0.25, 0.3) is 11.4 Å².